The monoisotopic (exact) mass is 265 g/mol. The number of carbonyl (C=O) groups is 1. The van der Waals surface area contributed by atoms with Crippen LogP contribution in [0.1, 0.15) is 33.6 Å². The highest BCUT2D eigenvalue weighted by Crippen LogP contribution is 2.21. The molecule has 4 nitrogen and oxygen atoms in total. The number of hydrogen-bond donors (Lipinski definition) is 1. The van der Waals surface area contributed by atoms with Crippen LogP contribution in [-0.2, 0) is 9.53 Å². The van der Waals surface area contributed by atoms with E-state index in [1.165, 1.54) is 0 Å². The average molecular weight is 265 g/mol. The molecule has 0 radical (unpaired) electrons. The Morgan fingerprint density at radius 2 is 1.89 bits per heavy atom. The number of rotatable bonds is 7. The van der Waals surface area contributed by atoms with Crippen LogP contribution in [0.4, 0.5) is 5.69 Å². The Morgan fingerprint density at radius 3 is 2.37 bits per heavy atom. The SMILES string of the molecule is CCCC(C)(OCC)C(=O)Nc1ccc(OC)cc1. The van der Waals surface area contributed by atoms with Crippen molar-refractivity contribution in [3.05, 3.63) is 24.3 Å². The highest BCUT2D eigenvalue weighted by molar-refractivity contribution is 5.97. The lowest BCUT2D eigenvalue weighted by molar-refractivity contribution is -0.139. The average Bonchev–Trinajstić information content (AvgIpc) is 2.40. The summed E-state index contributed by atoms with van der Waals surface area (Å²) < 4.78 is 10.7. The molecule has 1 rings (SSSR count). The normalized spacial score (nSPS) is 13.7. The fraction of sp³-hybridized carbons (Fsp3) is 0.533. The smallest absolute Gasteiger partial charge is 0.256 e. The van der Waals surface area contributed by atoms with Gasteiger partial charge in [-0.15, -0.1) is 0 Å². The molecule has 1 atom stereocenters. The fourth-order valence-electron chi connectivity index (χ4n) is 1.98. The zero-order valence-electron chi connectivity index (χ0n) is 12.2. The number of anilines is 1. The van der Waals surface area contributed by atoms with Gasteiger partial charge >= 0.3 is 0 Å². The Labute approximate surface area is 115 Å². The summed E-state index contributed by atoms with van der Waals surface area (Å²) in [6, 6.07) is 7.25. The van der Waals surface area contributed by atoms with Gasteiger partial charge in [0.05, 0.1) is 7.11 Å². The van der Waals surface area contributed by atoms with Crippen LogP contribution in [0.15, 0.2) is 24.3 Å². The molecule has 0 saturated heterocycles. The first-order valence-corrected chi connectivity index (χ1v) is 6.65. The fourth-order valence-corrected chi connectivity index (χ4v) is 1.98. The molecule has 0 aliphatic heterocycles. The number of methoxy groups -OCH3 is 1. The van der Waals surface area contributed by atoms with E-state index in [1.807, 2.05) is 45.0 Å². The Morgan fingerprint density at radius 1 is 1.26 bits per heavy atom. The molecule has 1 N–H and O–H groups in total. The van der Waals surface area contributed by atoms with E-state index < -0.39 is 5.60 Å². The number of carbonyl (C=O) groups excluding carboxylic acids is 1. The second-order valence-corrected chi connectivity index (χ2v) is 4.60. The van der Waals surface area contributed by atoms with E-state index in [-0.39, 0.29) is 5.91 Å². The highest BCUT2D eigenvalue weighted by atomic mass is 16.5. The van der Waals surface area contributed by atoms with E-state index in [9.17, 15) is 4.79 Å². The molecule has 0 saturated carbocycles. The maximum absolute atomic E-state index is 12.3. The van der Waals surface area contributed by atoms with Crippen LogP contribution in [0, 0.1) is 0 Å². The molecule has 4 heteroatoms. The summed E-state index contributed by atoms with van der Waals surface area (Å²) in [6.45, 7) is 6.29. The van der Waals surface area contributed by atoms with E-state index in [2.05, 4.69) is 5.32 Å². The van der Waals surface area contributed by atoms with Gasteiger partial charge in [0, 0.05) is 12.3 Å². The summed E-state index contributed by atoms with van der Waals surface area (Å²) in [7, 11) is 1.61. The lowest BCUT2D eigenvalue weighted by Gasteiger charge is -2.27. The molecular formula is C15H23NO3. The van der Waals surface area contributed by atoms with Crippen molar-refractivity contribution in [2.75, 3.05) is 19.0 Å². The Hall–Kier alpha value is -1.55. The summed E-state index contributed by atoms with van der Waals surface area (Å²) in [5.41, 5.74) is -0.0310. The van der Waals surface area contributed by atoms with E-state index in [1.54, 1.807) is 7.11 Å². The summed E-state index contributed by atoms with van der Waals surface area (Å²) >= 11 is 0. The van der Waals surface area contributed by atoms with Gasteiger partial charge in [-0.1, -0.05) is 13.3 Å². The number of ether oxygens (including phenoxy) is 2. The highest BCUT2D eigenvalue weighted by Gasteiger charge is 2.32. The molecule has 1 amide bonds. The molecule has 0 fully saturated rings. The van der Waals surface area contributed by atoms with E-state index in [0.29, 0.717) is 13.0 Å². The molecular weight excluding hydrogens is 242 g/mol. The van der Waals surface area contributed by atoms with Crippen molar-refractivity contribution in [2.45, 2.75) is 39.2 Å². The summed E-state index contributed by atoms with van der Waals surface area (Å²) in [4.78, 5) is 12.3. The molecule has 0 bridgehead atoms. The van der Waals surface area contributed by atoms with Gasteiger partial charge < -0.3 is 14.8 Å². The first-order valence-electron chi connectivity index (χ1n) is 6.65. The molecule has 0 heterocycles. The number of benzene rings is 1. The van der Waals surface area contributed by atoms with Crippen LogP contribution < -0.4 is 10.1 Å². The van der Waals surface area contributed by atoms with Crippen molar-refractivity contribution >= 4 is 11.6 Å². The molecule has 19 heavy (non-hydrogen) atoms. The summed E-state index contributed by atoms with van der Waals surface area (Å²) in [5.74, 6) is 0.653. The minimum atomic E-state index is -0.774. The Balaban J connectivity index is 2.74. The second-order valence-electron chi connectivity index (χ2n) is 4.60. The number of hydrogen-bond acceptors (Lipinski definition) is 3. The molecule has 0 spiro atoms. The molecule has 106 valence electrons. The van der Waals surface area contributed by atoms with Gasteiger partial charge in [0.1, 0.15) is 11.4 Å². The van der Waals surface area contributed by atoms with Crippen molar-refractivity contribution in [1.82, 2.24) is 0 Å². The number of amides is 1. The predicted molar refractivity (Wildman–Crippen MR) is 76.6 cm³/mol. The van der Waals surface area contributed by atoms with Crippen LogP contribution in [0.2, 0.25) is 0 Å². The van der Waals surface area contributed by atoms with Gasteiger partial charge in [-0.3, -0.25) is 4.79 Å². The third-order valence-corrected chi connectivity index (χ3v) is 3.02. The van der Waals surface area contributed by atoms with Gasteiger partial charge in [0.2, 0.25) is 0 Å². The van der Waals surface area contributed by atoms with Crippen molar-refractivity contribution < 1.29 is 14.3 Å². The molecule has 0 aliphatic rings. The maximum Gasteiger partial charge on any atom is 0.256 e. The largest absolute Gasteiger partial charge is 0.497 e. The van der Waals surface area contributed by atoms with Crippen molar-refractivity contribution in [3.8, 4) is 5.75 Å². The van der Waals surface area contributed by atoms with Crippen LogP contribution in [0.25, 0.3) is 0 Å². The third kappa shape index (κ3) is 4.24. The predicted octanol–water partition coefficient (Wildman–Crippen LogP) is 3.23. The van der Waals surface area contributed by atoms with Crippen LogP contribution in [0.3, 0.4) is 0 Å². The van der Waals surface area contributed by atoms with E-state index in [0.717, 1.165) is 17.9 Å². The molecule has 1 unspecified atom stereocenters. The Bertz CT molecular complexity index is 394. The number of nitrogens with one attached hydrogen (secondary N) is 1. The van der Waals surface area contributed by atoms with Crippen molar-refractivity contribution in [1.29, 1.82) is 0 Å². The van der Waals surface area contributed by atoms with Gasteiger partial charge in [0.15, 0.2) is 0 Å². The lowest BCUT2D eigenvalue weighted by atomic mass is 9.99. The third-order valence-electron chi connectivity index (χ3n) is 3.02. The summed E-state index contributed by atoms with van der Waals surface area (Å²) in [5, 5.41) is 2.88. The first-order chi connectivity index (χ1) is 9.05. The van der Waals surface area contributed by atoms with E-state index in [4.69, 9.17) is 9.47 Å². The first kappa shape index (κ1) is 15.5. The summed E-state index contributed by atoms with van der Waals surface area (Å²) in [6.07, 6.45) is 1.59. The standard InChI is InChI=1S/C15H23NO3/c1-5-11-15(3,19-6-2)14(17)16-12-7-9-13(18-4)10-8-12/h7-10H,5-6,11H2,1-4H3,(H,16,17). The van der Waals surface area contributed by atoms with Crippen LogP contribution in [-0.4, -0.2) is 25.2 Å². The molecule has 1 aromatic carbocycles. The second kappa shape index (κ2) is 7.14. The van der Waals surface area contributed by atoms with Crippen molar-refractivity contribution in [3.63, 3.8) is 0 Å². The quantitative estimate of drug-likeness (QED) is 0.823. The lowest BCUT2D eigenvalue weighted by Crippen LogP contribution is -2.42. The maximum atomic E-state index is 12.3. The zero-order valence-corrected chi connectivity index (χ0v) is 12.2. The van der Waals surface area contributed by atoms with Crippen LogP contribution >= 0.6 is 0 Å². The van der Waals surface area contributed by atoms with Gasteiger partial charge in [-0.05, 0) is 44.5 Å². The minimum absolute atomic E-state index is 0.110. The van der Waals surface area contributed by atoms with Gasteiger partial charge in [-0.25, -0.2) is 0 Å². The van der Waals surface area contributed by atoms with Crippen LogP contribution in [0.5, 0.6) is 5.75 Å². The molecule has 0 aliphatic carbocycles. The van der Waals surface area contributed by atoms with E-state index >= 15 is 0 Å². The Kier molecular flexibility index (Phi) is 5.83. The zero-order chi connectivity index (χ0) is 14.3. The molecule has 0 aromatic heterocycles. The minimum Gasteiger partial charge on any atom is -0.497 e. The molecule has 1 aromatic rings. The van der Waals surface area contributed by atoms with Crippen molar-refractivity contribution in [2.24, 2.45) is 0 Å². The topological polar surface area (TPSA) is 47.6 Å². The van der Waals surface area contributed by atoms with Gasteiger partial charge in [0.25, 0.3) is 5.91 Å². The van der Waals surface area contributed by atoms with Gasteiger partial charge in [-0.2, -0.15) is 0 Å².